The normalized spacial score (nSPS) is 20.3. The van der Waals surface area contributed by atoms with Gasteiger partial charge in [-0.15, -0.1) is 0 Å². The van der Waals surface area contributed by atoms with Crippen molar-refractivity contribution in [3.8, 4) is 0 Å². The summed E-state index contributed by atoms with van der Waals surface area (Å²) in [6.07, 6.45) is 7.49. The number of nitrogens with zero attached hydrogens (tertiary/aromatic N) is 1. The number of aliphatic hydroxyl groups is 1. The van der Waals surface area contributed by atoms with E-state index in [1.807, 2.05) is 26.0 Å². The summed E-state index contributed by atoms with van der Waals surface area (Å²) in [6.45, 7) is 4.31. The number of halogens is 1. The molecule has 3 amide bonds. The molecule has 0 spiro atoms. The Hall–Kier alpha value is -2.64. The maximum absolute atomic E-state index is 13.5. The van der Waals surface area contributed by atoms with Crippen molar-refractivity contribution in [1.82, 2.24) is 5.32 Å². The Morgan fingerprint density at radius 1 is 1.19 bits per heavy atom. The number of amides is 3. The van der Waals surface area contributed by atoms with E-state index >= 15 is 0 Å². The van der Waals surface area contributed by atoms with Crippen LogP contribution in [0.25, 0.3) is 0 Å². The molecule has 0 radical (unpaired) electrons. The van der Waals surface area contributed by atoms with Crippen LogP contribution in [0.2, 0.25) is 0 Å². The molecule has 2 aromatic carbocycles. The fourth-order valence-electron chi connectivity index (χ4n) is 4.34. The molecule has 7 heteroatoms. The summed E-state index contributed by atoms with van der Waals surface area (Å²) in [4.78, 5) is 27.8. The number of carbonyl (C=O) groups is 2. The molecule has 1 aliphatic carbocycles. The molecule has 0 saturated heterocycles. The van der Waals surface area contributed by atoms with Crippen molar-refractivity contribution in [1.29, 1.82) is 0 Å². The Bertz CT molecular complexity index is 1100. The van der Waals surface area contributed by atoms with Crippen molar-refractivity contribution in [2.45, 2.75) is 51.7 Å². The Balaban J connectivity index is 1.71. The molecule has 0 unspecified atom stereocenters. The first-order chi connectivity index (χ1) is 15.3. The fraction of sp³-hybridized carbons (Fsp3) is 0.360. The van der Waals surface area contributed by atoms with Crippen LogP contribution in [0.15, 0.2) is 52.5 Å². The van der Waals surface area contributed by atoms with Gasteiger partial charge in [0.25, 0.3) is 11.6 Å². The van der Waals surface area contributed by atoms with E-state index in [2.05, 4.69) is 32.6 Å². The predicted molar refractivity (Wildman–Crippen MR) is 130 cm³/mol. The lowest BCUT2D eigenvalue weighted by Crippen LogP contribution is -2.62. The highest BCUT2D eigenvalue weighted by Gasteiger charge is 2.52. The van der Waals surface area contributed by atoms with Crippen LogP contribution in [0.4, 0.5) is 16.2 Å². The van der Waals surface area contributed by atoms with Crippen molar-refractivity contribution < 1.29 is 14.7 Å². The van der Waals surface area contributed by atoms with Crippen LogP contribution in [0.1, 0.15) is 48.8 Å². The number of fused-ring (bicyclic) bond motifs is 1. The average molecular weight is 498 g/mol. The van der Waals surface area contributed by atoms with E-state index in [1.54, 1.807) is 24.3 Å². The van der Waals surface area contributed by atoms with E-state index in [0.29, 0.717) is 28.0 Å². The van der Waals surface area contributed by atoms with E-state index in [9.17, 15) is 14.7 Å². The van der Waals surface area contributed by atoms with Gasteiger partial charge in [0.15, 0.2) is 0 Å². The zero-order valence-electron chi connectivity index (χ0n) is 18.4. The first-order valence-electron chi connectivity index (χ1n) is 11.0. The SMILES string of the molecule is Cc1ccc(N2C(=O)Nc3ccc(Br)cc3[C@@]2(O)C(=O)NCCC2=CCCCC2)cc1C. The van der Waals surface area contributed by atoms with E-state index in [1.165, 1.54) is 18.4 Å². The molecule has 0 bridgehead atoms. The minimum Gasteiger partial charge on any atom is -0.359 e. The number of hydrogen-bond donors (Lipinski definition) is 3. The van der Waals surface area contributed by atoms with Crippen LogP contribution in [0.5, 0.6) is 0 Å². The summed E-state index contributed by atoms with van der Waals surface area (Å²) in [5.74, 6) is -0.624. The van der Waals surface area contributed by atoms with Gasteiger partial charge in [0.2, 0.25) is 0 Å². The zero-order valence-corrected chi connectivity index (χ0v) is 20.0. The summed E-state index contributed by atoms with van der Waals surface area (Å²) in [7, 11) is 0. The van der Waals surface area contributed by atoms with Crippen LogP contribution in [-0.2, 0) is 10.5 Å². The van der Waals surface area contributed by atoms with Crippen LogP contribution in [0.3, 0.4) is 0 Å². The van der Waals surface area contributed by atoms with Crippen molar-refractivity contribution in [3.63, 3.8) is 0 Å². The number of aryl methyl sites for hydroxylation is 2. The third kappa shape index (κ3) is 4.19. The van der Waals surface area contributed by atoms with Crippen LogP contribution >= 0.6 is 15.9 Å². The molecule has 0 fully saturated rings. The third-order valence-corrected chi connectivity index (χ3v) is 6.80. The summed E-state index contributed by atoms with van der Waals surface area (Å²) >= 11 is 3.43. The summed E-state index contributed by atoms with van der Waals surface area (Å²) in [5.41, 5.74) is 2.34. The first-order valence-corrected chi connectivity index (χ1v) is 11.8. The van der Waals surface area contributed by atoms with Gasteiger partial charge >= 0.3 is 6.03 Å². The van der Waals surface area contributed by atoms with Crippen molar-refractivity contribution in [2.75, 3.05) is 16.8 Å². The van der Waals surface area contributed by atoms with E-state index in [-0.39, 0.29) is 0 Å². The molecule has 4 rings (SSSR count). The Labute approximate surface area is 196 Å². The first kappa shape index (κ1) is 22.6. The molecule has 2 aromatic rings. The number of carbonyl (C=O) groups excluding carboxylic acids is 2. The molecular weight excluding hydrogens is 470 g/mol. The molecule has 0 aromatic heterocycles. The van der Waals surface area contributed by atoms with Crippen LogP contribution in [-0.4, -0.2) is 23.6 Å². The van der Waals surface area contributed by atoms with Crippen molar-refractivity contribution in [3.05, 3.63) is 69.2 Å². The monoisotopic (exact) mass is 497 g/mol. The van der Waals surface area contributed by atoms with Crippen molar-refractivity contribution >= 4 is 39.2 Å². The van der Waals surface area contributed by atoms with E-state index in [0.717, 1.165) is 35.3 Å². The largest absolute Gasteiger partial charge is 0.359 e. The highest BCUT2D eigenvalue weighted by atomic mass is 79.9. The van der Waals surface area contributed by atoms with E-state index in [4.69, 9.17) is 0 Å². The van der Waals surface area contributed by atoms with Crippen molar-refractivity contribution in [2.24, 2.45) is 0 Å². The van der Waals surface area contributed by atoms with Crippen LogP contribution < -0.4 is 15.5 Å². The minimum absolute atomic E-state index is 0.319. The van der Waals surface area contributed by atoms with Gasteiger partial charge in [-0.3, -0.25) is 9.69 Å². The minimum atomic E-state index is -2.19. The lowest BCUT2D eigenvalue weighted by Gasteiger charge is -2.43. The van der Waals surface area contributed by atoms with Gasteiger partial charge in [-0.2, -0.15) is 0 Å². The molecular formula is C25H28BrN3O3. The molecule has 0 saturated carbocycles. The van der Waals surface area contributed by atoms with Crippen LogP contribution in [0, 0.1) is 13.8 Å². The number of benzene rings is 2. The second-order valence-electron chi connectivity index (χ2n) is 8.51. The highest BCUT2D eigenvalue weighted by Crippen LogP contribution is 2.41. The van der Waals surface area contributed by atoms with Gasteiger partial charge in [0.05, 0.1) is 5.69 Å². The maximum Gasteiger partial charge on any atom is 0.329 e. The number of hydrogen-bond acceptors (Lipinski definition) is 3. The lowest BCUT2D eigenvalue weighted by molar-refractivity contribution is -0.140. The topological polar surface area (TPSA) is 81.7 Å². The van der Waals surface area contributed by atoms with Gasteiger partial charge in [-0.1, -0.05) is 33.6 Å². The molecule has 1 heterocycles. The molecule has 1 aliphatic heterocycles. The standard InChI is InChI=1S/C25H28BrN3O3/c1-16-8-10-20(14-17(16)2)29-24(31)28-22-11-9-19(26)15-21(22)25(29,32)23(30)27-13-12-18-6-4-3-5-7-18/h6,8-11,14-15,32H,3-5,7,12-13H2,1-2H3,(H,27,30)(H,28,31)/t25-/m1/s1. The number of urea groups is 1. The summed E-state index contributed by atoms with van der Waals surface area (Å²) in [6, 6.07) is 9.99. The molecule has 2 aliphatic rings. The molecule has 3 N–H and O–H groups in total. The predicted octanol–water partition coefficient (Wildman–Crippen LogP) is 5.27. The number of allylic oxidation sites excluding steroid dienone is 1. The molecule has 168 valence electrons. The van der Waals surface area contributed by atoms with Gasteiger partial charge in [-0.25, -0.2) is 4.79 Å². The summed E-state index contributed by atoms with van der Waals surface area (Å²) < 4.78 is 0.700. The zero-order chi connectivity index (χ0) is 22.9. The molecule has 6 nitrogen and oxygen atoms in total. The van der Waals surface area contributed by atoms with Gasteiger partial charge < -0.3 is 15.7 Å². The second-order valence-corrected chi connectivity index (χ2v) is 9.43. The van der Waals surface area contributed by atoms with Gasteiger partial charge in [0, 0.05) is 22.3 Å². The fourth-order valence-corrected chi connectivity index (χ4v) is 4.70. The number of rotatable bonds is 5. The molecule has 1 atom stereocenters. The second kappa shape index (κ2) is 9.08. The van der Waals surface area contributed by atoms with E-state index < -0.39 is 17.7 Å². The Morgan fingerprint density at radius 3 is 2.72 bits per heavy atom. The maximum atomic E-state index is 13.5. The van der Waals surface area contributed by atoms with Gasteiger partial charge in [0.1, 0.15) is 0 Å². The lowest BCUT2D eigenvalue weighted by atomic mass is 9.94. The summed E-state index contributed by atoms with van der Waals surface area (Å²) in [5, 5.41) is 17.6. The average Bonchev–Trinajstić information content (AvgIpc) is 2.77. The quantitative estimate of drug-likeness (QED) is 0.492. The highest BCUT2D eigenvalue weighted by molar-refractivity contribution is 9.10. The Morgan fingerprint density at radius 2 is 2.00 bits per heavy atom. The Kier molecular flexibility index (Phi) is 6.40. The molecule has 32 heavy (non-hydrogen) atoms. The third-order valence-electron chi connectivity index (χ3n) is 6.31. The number of anilines is 2. The smallest absolute Gasteiger partial charge is 0.329 e. The van der Waals surface area contributed by atoms with Gasteiger partial charge in [-0.05, 0) is 87.4 Å². The number of nitrogens with one attached hydrogen (secondary N) is 2.